The maximum absolute atomic E-state index is 11.0. The van der Waals surface area contributed by atoms with Crippen molar-refractivity contribution in [3.8, 4) is 11.8 Å². The Kier molecular flexibility index (Phi) is 3.94. The summed E-state index contributed by atoms with van der Waals surface area (Å²) in [5, 5.41) is 15.5. The van der Waals surface area contributed by atoms with Gasteiger partial charge in [0.05, 0.1) is 10.3 Å². The minimum Gasteiger partial charge on any atom is -0.384 e. The van der Waals surface area contributed by atoms with Gasteiger partial charge < -0.3 is 5.32 Å². The summed E-state index contributed by atoms with van der Waals surface area (Å²) in [7, 11) is 0. The van der Waals surface area contributed by atoms with Crippen LogP contribution in [0.4, 0.5) is 11.4 Å². The summed E-state index contributed by atoms with van der Waals surface area (Å²) in [5.74, 6) is 5.78. The van der Waals surface area contributed by atoms with E-state index in [-0.39, 0.29) is 10.6 Å². The van der Waals surface area contributed by atoms with E-state index in [1.165, 1.54) is 6.07 Å². The van der Waals surface area contributed by atoms with E-state index in [1.54, 1.807) is 31.5 Å². The molecule has 0 aliphatic heterocycles. The SMILES string of the molecule is CC#CCCNc1ccc([N+](=O)[O-])c2ccncc12. The Hall–Kier alpha value is -2.61. The average molecular weight is 255 g/mol. The number of non-ortho nitro benzene ring substituents is 1. The summed E-state index contributed by atoms with van der Waals surface area (Å²) in [6.45, 7) is 2.49. The number of nitro groups is 1. The van der Waals surface area contributed by atoms with Gasteiger partial charge in [-0.15, -0.1) is 11.8 Å². The van der Waals surface area contributed by atoms with Crippen LogP contribution in [0.5, 0.6) is 0 Å². The van der Waals surface area contributed by atoms with E-state index < -0.39 is 0 Å². The molecule has 0 aliphatic rings. The second-order valence-corrected chi connectivity index (χ2v) is 3.91. The highest BCUT2D eigenvalue weighted by Gasteiger charge is 2.13. The maximum Gasteiger partial charge on any atom is 0.277 e. The first kappa shape index (κ1) is 12.8. The molecule has 0 bridgehead atoms. The number of nitro benzene ring substituents is 1. The van der Waals surface area contributed by atoms with Crippen LogP contribution in [-0.2, 0) is 0 Å². The molecule has 2 rings (SSSR count). The average Bonchev–Trinajstić information content (AvgIpc) is 2.43. The first-order valence-corrected chi connectivity index (χ1v) is 5.88. The van der Waals surface area contributed by atoms with Gasteiger partial charge in [0.1, 0.15) is 0 Å². The zero-order chi connectivity index (χ0) is 13.7. The van der Waals surface area contributed by atoms with Crippen molar-refractivity contribution >= 4 is 22.1 Å². The van der Waals surface area contributed by atoms with Gasteiger partial charge in [0.25, 0.3) is 5.69 Å². The number of anilines is 1. The standard InChI is InChI=1S/C14H13N3O2/c1-2-3-4-8-16-13-5-6-14(17(18)19)11-7-9-15-10-12(11)13/h5-7,9-10,16H,4,8H2,1H3. The Bertz CT molecular complexity index is 671. The predicted octanol–water partition coefficient (Wildman–Crippen LogP) is 2.97. The van der Waals surface area contributed by atoms with E-state index in [1.807, 2.05) is 0 Å². The first-order valence-electron chi connectivity index (χ1n) is 5.88. The molecule has 19 heavy (non-hydrogen) atoms. The molecule has 0 atom stereocenters. The van der Waals surface area contributed by atoms with Gasteiger partial charge in [0.2, 0.25) is 0 Å². The third-order valence-corrected chi connectivity index (χ3v) is 2.73. The number of nitrogens with one attached hydrogen (secondary N) is 1. The van der Waals surface area contributed by atoms with Crippen LogP contribution >= 0.6 is 0 Å². The minimum atomic E-state index is -0.380. The van der Waals surface area contributed by atoms with Crippen molar-refractivity contribution in [2.24, 2.45) is 0 Å². The quantitative estimate of drug-likeness (QED) is 0.394. The Morgan fingerprint density at radius 3 is 2.95 bits per heavy atom. The lowest BCUT2D eigenvalue weighted by molar-refractivity contribution is -0.383. The van der Waals surface area contributed by atoms with E-state index in [0.29, 0.717) is 11.9 Å². The number of aromatic nitrogens is 1. The van der Waals surface area contributed by atoms with Crippen molar-refractivity contribution in [2.75, 3.05) is 11.9 Å². The number of nitrogens with zero attached hydrogens (tertiary/aromatic N) is 2. The monoisotopic (exact) mass is 255 g/mol. The smallest absolute Gasteiger partial charge is 0.277 e. The third kappa shape index (κ3) is 2.80. The van der Waals surface area contributed by atoms with Gasteiger partial charge >= 0.3 is 0 Å². The van der Waals surface area contributed by atoms with Gasteiger partial charge in [-0.3, -0.25) is 15.1 Å². The van der Waals surface area contributed by atoms with Crippen LogP contribution in [0.25, 0.3) is 10.8 Å². The van der Waals surface area contributed by atoms with Crippen LogP contribution in [0.2, 0.25) is 0 Å². The molecular formula is C14H13N3O2. The number of rotatable bonds is 4. The van der Waals surface area contributed by atoms with Gasteiger partial charge in [-0.2, -0.15) is 0 Å². The van der Waals surface area contributed by atoms with Crippen LogP contribution in [0.1, 0.15) is 13.3 Å². The van der Waals surface area contributed by atoms with Gasteiger partial charge in [-0.05, 0) is 19.1 Å². The molecule has 0 aliphatic carbocycles. The molecule has 96 valence electrons. The second kappa shape index (κ2) is 5.83. The second-order valence-electron chi connectivity index (χ2n) is 3.91. The van der Waals surface area contributed by atoms with Crippen molar-refractivity contribution in [3.63, 3.8) is 0 Å². The summed E-state index contributed by atoms with van der Waals surface area (Å²) in [6.07, 6.45) is 3.92. The molecule has 1 aromatic heterocycles. The van der Waals surface area contributed by atoms with Crippen LogP contribution in [0, 0.1) is 22.0 Å². The molecule has 5 heteroatoms. The summed E-state index contributed by atoms with van der Waals surface area (Å²) in [5.41, 5.74) is 0.933. The third-order valence-electron chi connectivity index (χ3n) is 2.73. The number of hydrogen-bond donors (Lipinski definition) is 1. The van der Waals surface area contributed by atoms with Crippen LogP contribution in [0.3, 0.4) is 0 Å². The zero-order valence-electron chi connectivity index (χ0n) is 10.5. The summed E-state index contributed by atoms with van der Waals surface area (Å²) in [4.78, 5) is 14.6. The predicted molar refractivity (Wildman–Crippen MR) is 75.0 cm³/mol. The number of benzene rings is 1. The molecule has 0 spiro atoms. The first-order chi connectivity index (χ1) is 9.24. The zero-order valence-corrected chi connectivity index (χ0v) is 10.5. The molecule has 0 unspecified atom stereocenters. The van der Waals surface area contributed by atoms with E-state index in [9.17, 15) is 10.1 Å². The molecule has 0 amide bonds. The van der Waals surface area contributed by atoms with Crippen molar-refractivity contribution in [1.82, 2.24) is 4.98 Å². The molecule has 0 saturated carbocycles. The lowest BCUT2D eigenvalue weighted by Gasteiger charge is -2.08. The summed E-state index contributed by atoms with van der Waals surface area (Å²) >= 11 is 0. The number of pyridine rings is 1. The van der Waals surface area contributed by atoms with Gasteiger partial charge in [-0.25, -0.2) is 0 Å². The Morgan fingerprint density at radius 2 is 2.21 bits per heavy atom. The molecule has 1 N–H and O–H groups in total. The van der Waals surface area contributed by atoms with E-state index in [4.69, 9.17) is 0 Å². The Labute approximate surface area is 110 Å². The lowest BCUT2D eigenvalue weighted by atomic mass is 10.1. The molecule has 1 aromatic carbocycles. The van der Waals surface area contributed by atoms with Crippen LogP contribution < -0.4 is 5.32 Å². The van der Waals surface area contributed by atoms with E-state index in [0.717, 1.165) is 17.5 Å². The van der Waals surface area contributed by atoms with Gasteiger partial charge in [0.15, 0.2) is 0 Å². The number of hydrogen-bond acceptors (Lipinski definition) is 4. The van der Waals surface area contributed by atoms with Crippen molar-refractivity contribution in [1.29, 1.82) is 0 Å². The van der Waals surface area contributed by atoms with Crippen molar-refractivity contribution in [2.45, 2.75) is 13.3 Å². The van der Waals surface area contributed by atoms with Crippen molar-refractivity contribution < 1.29 is 4.92 Å². The van der Waals surface area contributed by atoms with Gasteiger partial charge in [0, 0.05) is 42.5 Å². The summed E-state index contributed by atoms with van der Waals surface area (Å²) < 4.78 is 0. The highest BCUT2D eigenvalue weighted by Crippen LogP contribution is 2.30. The fraction of sp³-hybridized carbons (Fsp3) is 0.214. The van der Waals surface area contributed by atoms with E-state index in [2.05, 4.69) is 22.1 Å². The van der Waals surface area contributed by atoms with Gasteiger partial charge in [-0.1, -0.05) is 0 Å². The maximum atomic E-state index is 11.0. The van der Waals surface area contributed by atoms with Crippen molar-refractivity contribution in [3.05, 3.63) is 40.7 Å². The lowest BCUT2D eigenvalue weighted by Crippen LogP contribution is -2.02. The molecular weight excluding hydrogens is 242 g/mol. The van der Waals surface area contributed by atoms with Crippen LogP contribution in [0.15, 0.2) is 30.6 Å². The highest BCUT2D eigenvalue weighted by atomic mass is 16.6. The summed E-state index contributed by atoms with van der Waals surface area (Å²) in [6, 6.07) is 4.88. The normalized spacial score (nSPS) is 9.74. The molecule has 0 radical (unpaired) electrons. The molecule has 5 nitrogen and oxygen atoms in total. The van der Waals surface area contributed by atoms with E-state index >= 15 is 0 Å². The molecule has 0 fully saturated rings. The fourth-order valence-electron chi connectivity index (χ4n) is 1.87. The minimum absolute atomic E-state index is 0.0938. The molecule has 1 heterocycles. The number of fused-ring (bicyclic) bond motifs is 1. The fourth-order valence-corrected chi connectivity index (χ4v) is 1.87. The highest BCUT2D eigenvalue weighted by molar-refractivity contribution is 5.99. The molecule has 0 saturated heterocycles. The Morgan fingerprint density at radius 1 is 1.37 bits per heavy atom. The largest absolute Gasteiger partial charge is 0.384 e. The topological polar surface area (TPSA) is 68.1 Å². The Balaban J connectivity index is 2.37. The molecule has 2 aromatic rings. The van der Waals surface area contributed by atoms with Crippen LogP contribution in [-0.4, -0.2) is 16.5 Å².